The zero-order chi connectivity index (χ0) is 13.2. The van der Waals surface area contributed by atoms with Gasteiger partial charge < -0.3 is 4.74 Å². The van der Waals surface area contributed by atoms with Gasteiger partial charge in [-0.15, -0.1) is 0 Å². The fraction of sp³-hybridized carbons (Fsp3) is 0.222. The van der Waals surface area contributed by atoms with Gasteiger partial charge in [0.05, 0.1) is 13.2 Å². The van der Waals surface area contributed by atoms with Gasteiger partial charge in [-0.05, 0) is 41.2 Å². The Labute approximate surface area is 114 Å². The number of ether oxygens (including phenoxy) is 1. The molecule has 0 atom stereocenters. The normalized spacial score (nSPS) is 13.9. The van der Waals surface area contributed by atoms with Crippen molar-refractivity contribution in [2.75, 3.05) is 6.61 Å². The van der Waals surface area contributed by atoms with Crippen molar-refractivity contribution < 1.29 is 4.74 Å². The van der Waals surface area contributed by atoms with Crippen molar-refractivity contribution in [2.45, 2.75) is 20.0 Å². The van der Waals surface area contributed by atoms with Crippen LogP contribution in [0.15, 0.2) is 49.0 Å². The van der Waals surface area contributed by atoms with Crippen molar-refractivity contribution in [2.24, 2.45) is 0 Å². The lowest BCUT2D eigenvalue weighted by atomic mass is 9.88. The molecule has 0 saturated carbocycles. The molecular weight excluding hydrogens is 232 g/mol. The smallest absolute Gasteiger partial charge is 0.0720 e. The van der Waals surface area contributed by atoms with E-state index >= 15 is 0 Å². The maximum absolute atomic E-state index is 5.56. The molecule has 0 aliphatic carbocycles. The Hall–Kier alpha value is -1.86. The third-order valence-electron chi connectivity index (χ3n) is 3.69. The number of hydrogen-bond acceptors (Lipinski definition) is 1. The average Bonchev–Trinajstić information content (AvgIpc) is 2.46. The second kappa shape index (κ2) is 5.02. The standard InChI is InChI=1S/C18H18O/c1-13-10-16-12-19-9-8-17(16)18(11-13)14(2)15-6-4-3-5-7-15/h3-7,10-11H,2,8-9,12H2,1H3. The Kier molecular flexibility index (Phi) is 3.22. The zero-order valence-electron chi connectivity index (χ0n) is 11.3. The molecule has 1 aliphatic rings. The van der Waals surface area contributed by atoms with Crippen molar-refractivity contribution in [3.05, 3.63) is 76.9 Å². The summed E-state index contributed by atoms with van der Waals surface area (Å²) in [4.78, 5) is 0. The first kappa shape index (κ1) is 12.2. The summed E-state index contributed by atoms with van der Waals surface area (Å²) in [7, 11) is 0. The Morgan fingerprint density at radius 1 is 1.16 bits per heavy atom. The second-order valence-electron chi connectivity index (χ2n) is 5.10. The van der Waals surface area contributed by atoms with Crippen LogP contribution in [0.25, 0.3) is 5.57 Å². The first-order valence-electron chi connectivity index (χ1n) is 6.70. The molecule has 19 heavy (non-hydrogen) atoms. The van der Waals surface area contributed by atoms with E-state index < -0.39 is 0 Å². The van der Waals surface area contributed by atoms with Gasteiger partial charge in [0.15, 0.2) is 0 Å². The molecule has 3 rings (SSSR count). The summed E-state index contributed by atoms with van der Waals surface area (Å²) in [5.74, 6) is 0. The van der Waals surface area contributed by atoms with Crippen LogP contribution in [-0.2, 0) is 17.8 Å². The largest absolute Gasteiger partial charge is 0.376 e. The average molecular weight is 250 g/mol. The van der Waals surface area contributed by atoms with Crippen molar-refractivity contribution in [1.29, 1.82) is 0 Å². The summed E-state index contributed by atoms with van der Waals surface area (Å²) in [6, 6.07) is 14.9. The molecule has 2 aromatic rings. The van der Waals surface area contributed by atoms with E-state index in [1.807, 2.05) is 6.07 Å². The van der Waals surface area contributed by atoms with Gasteiger partial charge in [-0.25, -0.2) is 0 Å². The first-order valence-corrected chi connectivity index (χ1v) is 6.70. The highest BCUT2D eigenvalue weighted by molar-refractivity contribution is 5.80. The molecule has 0 bridgehead atoms. The van der Waals surface area contributed by atoms with E-state index in [0.717, 1.165) is 25.2 Å². The maximum atomic E-state index is 5.56. The van der Waals surface area contributed by atoms with Crippen LogP contribution in [-0.4, -0.2) is 6.61 Å². The topological polar surface area (TPSA) is 9.23 Å². The first-order chi connectivity index (χ1) is 9.25. The highest BCUT2D eigenvalue weighted by atomic mass is 16.5. The number of rotatable bonds is 2. The molecule has 1 heterocycles. The van der Waals surface area contributed by atoms with Crippen LogP contribution in [0.2, 0.25) is 0 Å². The summed E-state index contributed by atoms with van der Waals surface area (Å²) in [6.07, 6.45) is 0.983. The zero-order valence-corrected chi connectivity index (χ0v) is 11.3. The summed E-state index contributed by atoms with van der Waals surface area (Å²) in [6.45, 7) is 7.98. The van der Waals surface area contributed by atoms with Crippen molar-refractivity contribution in [3.8, 4) is 0 Å². The SMILES string of the molecule is C=C(c1ccccc1)c1cc(C)cc2c1CCOC2. The lowest BCUT2D eigenvalue weighted by molar-refractivity contribution is 0.110. The third kappa shape index (κ3) is 2.34. The predicted octanol–water partition coefficient (Wildman–Crippen LogP) is 4.13. The van der Waals surface area contributed by atoms with Crippen LogP contribution in [0.3, 0.4) is 0 Å². The maximum Gasteiger partial charge on any atom is 0.0720 e. The van der Waals surface area contributed by atoms with Crippen LogP contribution in [0.1, 0.15) is 27.8 Å². The molecule has 0 aromatic heterocycles. The van der Waals surface area contributed by atoms with Crippen molar-refractivity contribution in [3.63, 3.8) is 0 Å². The number of hydrogen-bond donors (Lipinski definition) is 0. The van der Waals surface area contributed by atoms with Gasteiger partial charge in [0.2, 0.25) is 0 Å². The van der Waals surface area contributed by atoms with Gasteiger partial charge in [0.25, 0.3) is 0 Å². The molecular formula is C18H18O. The summed E-state index contributed by atoms with van der Waals surface area (Å²) >= 11 is 0. The van der Waals surface area contributed by atoms with Gasteiger partial charge in [-0.2, -0.15) is 0 Å². The van der Waals surface area contributed by atoms with Gasteiger partial charge in [-0.3, -0.25) is 0 Å². The lowest BCUT2D eigenvalue weighted by Gasteiger charge is -2.22. The highest BCUT2D eigenvalue weighted by Crippen LogP contribution is 2.30. The number of fused-ring (bicyclic) bond motifs is 1. The molecule has 0 amide bonds. The molecule has 1 heteroatoms. The predicted molar refractivity (Wildman–Crippen MR) is 79.1 cm³/mol. The van der Waals surface area contributed by atoms with Crippen LogP contribution in [0, 0.1) is 6.92 Å². The summed E-state index contributed by atoms with van der Waals surface area (Å²) < 4.78 is 5.56. The van der Waals surface area contributed by atoms with E-state index in [-0.39, 0.29) is 0 Å². The van der Waals surface area contributed by atoms with Crippen LogP contribution >= 0.6 is 0 Å². The highest BCUT2D eigenvalue weighted by Gasteiger charge is 2.16. The van der Waals surface area contributed by atoms with Crippen LogP contribution < -0.4 is 0 Å². The number of aryl methyl sites for hydroxylation is 1. The molecule has 0 saturated heterocycles. The molecule has 0 radical (unpaired) electrons. The molecule has 0 fully saturated rings. The Morgan fingerprint density at radius 2 is 1.95 bits per heavy atom. The van der Waals surface area contributed by atoms with E-state index in [1.54, 1.807) is 0 Å². The minimum absolute atomic E-state index is 0.728. The van der Waals surface area contributed by atoms with E-state index in [4.69, 9.17) is 4.74 Å². The monoisotopic (exact) mass is 250 g/mol. The Bertz CT molecular complexity index is 611. The molecule has 0 unspecified atom stereocenters. The molecule has 96 valence electrons. The summed E-state index contributed by atoms with van der Waals surface area (Å²) in [5, 5.41) is 0. The molecule has 2 aromatic carbocycles. The van der Waals surface area contributed by atoms with E-state index in [0.29, 0.717) is 0 Å². The molecule has 0 N–H and O–H groups in total. The van der Waals surface area contributed by atoms with Crippen LogP contribution in [0.5, 0.6) is 0 Å². The second-order valence-corrected chi connectivity index (χ2v) is 5.10. The molecule has 1 nitrogen and oxygen atoms in total. The minimum atomic E-state index is 0.728. The van der Waals surface area contributed by atoms with Gasteiger partial charge in [0, 0.05) is 0 Å². The van der Waals surface area contributed by atoms with E-state index in [1.165, 1.54) is 27.8 Å². The summed E-state index contributed by atoms with van der Waals surface area (Å²) in [5.41, 5.74) is 7.59. The lowest BCUT2D eigenvalue weighted by Crippen LogP contribution is -2.12. The number of benzene rings is 2. The Morgan fingerprint density at radius 3 is 2.74 bits per heavy atom. The fourth-order valence-electron chi connectivity index (χ4n) is 2.74. The van der Waals surface area contributed by atoms with Crippen molar-refractivity contribution in [1.82, 2.24) is 0 Å². The Balaban J connectivity index is 2.10. The van der Waals surface area contributed by atoms with Crippen LogP contribution in [0.4, 0.5) is 0 Å². The van der Waals surface area contributed by atoms with Gasteiger partial charge in [-0.1, -0.05) is 54.6 Å². The molecule has 0 spiro atoms. The molecule has 1 aliphatic heterocycles. The van der Waals surface area contributed by atoms with Crippen molar-refractivity contribution >= 4 is 5.57 Å². The third-order valence-corrected chi connectivity index (χ3v) is 3.69. The van der Waals surface area contributed by atoms with E-state index in [2.05, 4.69) is 49.9 Å². The van der Waals surface area contributed by atoms with E-state index in [9.17, 15) is 0 Å². The van der Waals surface area contributed by atoms with Gasteiger partial charge in [0.1, 0.15) is 0 Å². The quantitative estimate of drug-likeness (QED) is 0.778. The fourth-order valence-corrected chi connectivity index (χ4v) is 2.74. The van der Waals surface area contributed by atoms with Gasteiger partial charge >= 0.3 is 0 Å². The minimum Gasteiger partial charge on any atom is -0.376 e.